The van der Waals surface area contributed by atoms with Crippen molar-refractivity contribution < 1.29 is 4.74 Å². The molecule has 2 heterocycles. The molecule has 3 aromatic rings. The first-order valence-corrected chi connectivity index (χ1v) is 7.81. The first-order valence-electron chi connectivity index (χ1n) is 6.52. The minimum atomic E-state index is -0.0835. The normalized spacial score (nSPS) is 11.1. The Morgan fingerprint density at radius 2 is 2.14 bits per heavy atom. The van der Waals surface area contributed by atoms with Gasteiger partial charge in [-0.05, 0) is 41.7 Å². The largest absolute Gasteiger partial charge is 0.384 e. The number of fused-ring (bicyclic) bond motifs is 1. The van der Waals surface area contributed by atoms with Gasteiger partial charge in [-0.3, -0.25) is 9.36 Å². The highest BCUT2D eigenvalue weighted by atomic mass is 32.1. The molecule has 0 bridgehead atoms. The quantitative estimate of drug-likeness (QED) is 0.751. The van der Waals surface area contributed by atoms with E-state index in [1.807, 2.05) is 35.7 Å². The van der Waals surface area contributed by atoms with Crippen molar-refractivity contribution in [2.75, 3.05) is 13.7 Å². The molecule has 0 unspecified atom stereocenters. The lowest BCUT2D eigenvalue weighted by molar-refractivity contribution is 0.202. The predicted molar refractivity (Wildman–Crippen MR) is 88.2 cm³/mol. The molecule has 0 aliphatic carbocycles. The van der Waals surface area contributed by atoms with Gasteiger partial charge in [0, 0.05) is 7.11 Å². The first-order chi connectivity index (χ1) is 10.2. The van der Waals surface area contributed by atoms with Crippen LogP contribution < -0.4 is 5.56 Å². The average molecular weight is 318 g/mol. The van der Waals surface area contributed by atoms with Crippen LogP contribution in [0.25, 0.3) is 15.9 Å². The van der Waals surface area contributed by atoms with Gasteiger partial charge in [-0.15, -0.1) is 11.3 Å². The van der Waals surface area contributed by atoms with E-state index in [0.29, 0.717) is 16.8 Å². The third-order valence-electron chi connectivity index (χ3n) is 3.33. The third kappa shape index (κ3) is 2.57. The Bertz CT molecular complexity index is 892. The van der Waals surface area contributed by atoms with Gasteiger partial charge in [0.05, 0.1) is 17.7 Å². The fourth-order valence-electron chi connectivity index (χ4n) is 2.31. The fraction of sp³-hybridized carbons (Fsp3) is 0.200. The fourth-order valence-corrected chi connectivity index (χ4v) is 3.44. The van der Waals surface area contributed by atoms with Gasteiger partial charge in [0.2, 0.25) is 0 Å². The molecule has 0 aliphatic heterocycles. The molecule has 4 nitrogen and oxygen atoms in total. The summed E-state index contributed by atoms with van der Waals surface area (Å²) in [6, 6.07) is 9.59. The molecule has 0 aliphatic rings. The summed E-state index contributed by atoms with van der Waals surface area (Å²) in [7, 11) is 1.67. The number of H-pyrrole nitrogens is 1. The summed E-state index contributed by atoms with van der Waals surface area (Å²) in [5, 5.41) is 2.55. The molecule has 0 amide bonds. The molecule has 108 valence electrons. The average Bonchev–Trinajstić information content (AvgIpc) is 2.94. The SMILES string of the molecule is COCCc1ccccc1-n1c(=S)[nH]c2sccc2c1=O. The summed E-state index contributed by atoms with van der Waals surface area (Å²) in [5.41, 5.74) is 1.77. The van der Waals surface area contributed by atoms with Crippen LogP contribution in [0.1, 0.15) is 5.56 Å². The van der Waals surface area contributed by atoms with E-state index in [1.165, 1.54) is 11.3 Å². The van der Waals surface area contributed by atoms with Gasteiger partial charge in [0.25, 0.3) is 5.56 Å². The van der Waals surface area contributed by atoms with Gasteiger partial charge < -0.3 is 9.72 Å². The summed E-state index contributed by atoms with van der Waals surface area (Å²) >= 11 is 6.85. The van der Waals surface area contributed by atoms with Gasteiger partial charge >= 0.3 is 0 Å². The molecule has 2 aromatic heterocycles. The van der Waals surface area contributed by atoms with Crippen LogP contribution in [0.15, 0.2) is 40.5 Å². The number of hydrogen-bond acceptors (Lipinski definition) is 4. The van der Waals surface area contributed by atoms with Crippen LogP contribution in [-0.4, -0.2) is 23.3 Å². The zero-order valence-electron chi connectivity index (χ0n) is 11.5. The van der Waals surface area contributed by atoms with E-state index in [1.54, 1.807) is 11.7 Å². The second-order valence-corrected chi connectivity index (χ2v) is 5.91. The van der Waals surface area contributed by atoms with Crippen LogP contribution in [0, 0.1) is 4.77 Å². The van der Waals surface area contributed by atoms with Crippen LogP contribution in [0.2, 0.25) is 0 Å². The van der Waals surface area contributed by atoms with Gasteiger partial charge in [0.1, 0.15) is 4.83 Å². The minimum absolute atomic E-state index is 0.0835. The Morgan fingerprint density at radius 1 is 1.33 bits per heavy atom. The Kier molecular flexibility index (Phi) is 4.01. The Labute approximate surface area is 130 Å². The van der Waals surface area contributed by atoms with Crippen LogP contribution >= 0.6 is 23.6 Å². The smallest absolute Gasteiger partial charge is 0.267 e. The number of benzene rings is 1. The molecule has 0 radical (unpaired) electrons. The predicted octanol–water partition coefficient (Wildman–Crippen LogP) is 3.30. The van der Waals surface area contributed by atoms with E-state index < -0.39 is 0 Å². The first kappa shape index (κ1) is 14.2. The van der Waals surface area contributed by atoms with E-state index in [4.69, 9.17) is 17.0 Å². The van der Waals surface area contributed by atoms with Crippen LogP contribution in [0.5, 0.6) is 0 Å². The summed E-state index contributed by atoms with van der Waals surface area (Å²) in [6.07, 6.45) is 0.732. The second kappa shape index (κ2) is 5.93. The molecular weight excluding hydrogens is 304 g/mol. The van der Waals surface area contributed by atoms with Gasteiger partial charge in [-0.1, -0.05) is 18.2 Å². The number of rotatable bonds is 4. The van der Waals surface area contributed by atoms with E-state index in [-0.39, 0.29) is 5.56 Å². The number of aromatic amines is 1. The van der Waals surface area contributed by atoms with E-state index in [9.17, 15) is 4.79 Å². The zero-order chi connectivity index (χ0) is 14.8. The molecule has 1 aromatic carbocycles. The number of nitrogens with zero attached hydrogens (tertiary/aromatic N) is 1. The molecule has 3 rings (SSSR count). The molecule has 6 heteroatoms. The van der Waals surface area contributed by atoms with Crippen LogP contribution in [-0.2, 0) is 11.2 Å². The molecule has 1 N–H and O–H groups in total. The Hall–Kier alpha value is -1.76. The number of methoxy groups -OCH3 is 1. The van der Waals surface area contributed by atoms with E-state index >= 15 is 0 Å². The van der Waals surface area contributed by atoms with Gasteiger partial charge in [-0.25, -0.2) is 0 Å². The summed E-state index contributed by atoms with van der Waals surface area (Å²) in [6.45, 7) is 0.600. The molecule has 0 saturated heterocycles. The second-order valence-electron chi connectivity index (χ2n) is 4.61. The number of aromatic nitrogens is 2. The molecule has 0 atom stereocenters. The number of hydrogen-bond donors (Lipinski definition) is 1. The maximum atomic E-state index is 12.7. The highest BCUT2D eigenvalue weighted by Gasteiger charge is 2.11. The van der Waals surface area contributed by atoms with Crippen molar-refractivity contribution in [2.24, 2.45) is 0 Å². The van der Waals surface area contributed by atoms with Crippen molar-refractivity contribution in [1.82, 2.24) is 9.55 Å². The van der Waals surface area contributed by atoms with Crippen molar-refractivity contribution >= 4 is 33.8 Å². The highest BCUT2D eigenvalue weighted by molar-refractivity contribution is 7.71. The highest BCUT2D eigenvalue weighted by Crippen LogP contribution is 2.18. The number of thiophene rings is 1. The van der Waals surface area contributed by atoms with Crippen LogP contribution in [0.3, 0.4) is 0 Å². The molecule has 21 heavy (non-hydrogen) atoms. The van der Waals surface area contributed by atoms with Gasteiger partial charge in [0.15, 0.2) is 4.77 Å². The lowest BCUT2D eigenvalue weighted by Gasteiger charge is -2.12. The maximum Gasteiger partial charge on any atom is 0.267 e. The summed E-state index contributed by atoms with van der Waals surface area (Å²) in [4.78, 5) is 16.6. The number of ether oxygens (including phenoxy) is 1. The van der Waals surface area contributed by atoms with Gasteiger partial charge in [-0.2, -0.15) is 0 Å². The summed E-state index contributed by atoms with van der Waals surface area (Å²) in [5.74, 6) is 0. The molecule has 0 fully saturated rings. The number of nitrogens with one attached hydrogen (secondary N) is 1. The zero-order valence-corrected chi connectivity index (χ0v) is 13.1. The van der Waals surface area contributed by atoms with E-state index in [2.05, 4.69) is 4.98 Å². The maximum absolute atomic E-state index is 12.7. The van der Waals surface area contributed by atoms with Crippen molar-refractivity contribution in [3.05, 3.63) is 56.4 Å². The van der Waals surface area contributed by atoms with E-state index in [0.717, 1.165) is 22.5 Å². The molecular formula is C15H14N2O2S2. The Balaban J connectivity index is 2.26. The monoisotopic (exact) mass is 318 g/mol. The Morgan fingerprint density at radius 3 is 2.95 bits per heavy atom. The van der Waals surface area contributed by atoms with Crippen LogP contribution in [0.4, 0.5) is 0 Å². The molecule has 0 spiro atoms. The summed E-state index contributed by atoms with van der Waals surface area (Å²) < 4.78 is 7.12. The van der Waals surface area contributed by atoms with Crippen molar-refractivity contribution in [3.63, 3.8) is 0 Å². The minimum Gasteiger partial charge on any atom is -0.384 e. The lowest BCUT2D eigenvalue weighted by atomic mass is 10.1. The standard InChI is InChI=1S/C15H14N2O2S2/c1-19-8-6-10-4-2-3-5-12(10)17-14(18)11-7-9-21-13(11)16-15(17)20/h2-5,7,9H,6,8H2,1H3,(H,16,20). The number of para-hydroxylation sites is 1. The molecule has 0 saturated carbocycles. The topological polar surface area (TPSA) is 47.0 Å². The third-order valence-corrected chi connectivity index (χ3v) is 4.44. The lowest BCUT2D eigenvalue weighted by Crippen LogP contribution is -2.21. The van der Waals surface area contributed by atoms with Crippen molar-refractivity contribution in [2.45, 2.75) is 6.42 Å². The van der Waals surface area contributed by atoms with Crippen molar-refractivity contribution in [1.29, 1.82) is 0 Å². The van der Waals surface area contributed by atoms with Crippen molar-refractivity contribution in [3.8, 4) is 5.69 Å².